The standard InChI is InChI=1S/C7H7NO2S/c1-5-3-2-4-6(8-5)7(9)10-11/h2-4,11H,1H3. The highest BCUT2D eigenvalue weighted by atomic mass is 32.1. The zero-order valence-corrected chi connectivity index (χ0v) is 6.84. The number of hydrogen-bond acceptors (Lipinski definition) is 4. The van der Waals surface area contributed by atoms with Gasteiger partial charge in [-0.1, -0.05) is 6.07 Å². The van der Waals surface area contributed by atoms with Crippen molar-refractivity contribution < 1.29 is 8.98 Å². The summed E-state index contributed by atoms with van der Waals surface area (Å²) >= 11 is 3.37. The lowest BCUT2D eigenvalue weighted by molar-refractivity contribution is 0.0766. The molecule has 0 atom stereocenters. The van der Waals surface area contributed by atoms with Crippen LogP contribution in [0.15, 0.2) is 18.2 Å². The smallest absolute Gasteiger partial charge is 0.368 e. The fraction of sp³-hybridized carbons (Fsp3) is 0.143. The Kier molecular flexibility index (Phi) is 2.48. The summed E-state index contributed by atoms with van der Waals surface area (Å²) in [5.41, 5.74) is 1.06. The van der Waals surface area contributed by atoms with Crippen molar-refractivity contribution in [3.8, 4) is 0 Å². The molecule has 0 aliphatic rings. The van der Waals surface area contributed by atoms with Crippen LogP contribution in [0.2, 0.25) is 0 Å². The molecule has 58 valence electrons. The Bertz CT molecular complexity index is 275. The van der Waals surface area contributed by atoms with Crippen molar-refractivity contribution in [1.82, 2.24) is 4.98 Å². The lowest BCUT2D eigenvalue weighted by Crippen LogP contribution is -2.01. The number of hydrogen-bond donors (Lipinski definition) is 1. The van der Waals surface area contributed by atoms with E-state index >= 15 is 0 Å². The van der Waals surface area contributed by atoms with Crippen molar-refractivity contribution in [2.45, 2.75) is 6.92 Å². The van der Waals surface area contributed by atoms with Gasteiger partial charge in [0.25, 0.3) is 0 Å². The Morgan fingerprint density at radius 3 is 2.91 bits per heavy atom. The van der Waals surface area contributed by atoms with Crippen LogP contribution in [-0.2, 0) is 4.18 Å². The van der Waals surface area contributed by atoms with Gasteiger partial charge in [0, 0.05) is 18.6 Å². The third-order valence-corrected chi connectivity index (χ3v) is 1.35. The highest BCUT2D eigenvalue weighted by molar-refractivity contribution is 7.75. The molecular formula is C7H7NO2S. The molecule has 0 N–H and O–H groups in total. The molecule has 0 fully saturated rings. The lowest BCUT2D eigenvalue weighted by atomic mass is 10.3. The molecule has 0 unspecified atom stereocenters. The second-order valence-corrected chi connectivity index (χ2v) is 2.23. The van der Waals surface area contributed by atoms with Gasteiger partial charge >= 0.3 is 5.97 Å². The number of aromatic nitrogens is 1. The molecule has 0 aliphatic carbocycles. The van der Waals surface area contributed by atoms with Gasteiger partial charge in [-0.3, -0.25) is 0 Å². The summed E-state index contributed by atoms with van der Waals surface area (Å²) < 4.78 is 4.18. The summed E-state index contributed by atoms with van der Waals surface area (Å²) in [4.78, 5) is 14.7. The van der Waals surface area contributed by atoms with Crippen LogP contribution >= 0.6 is 12.9 Å². The van der Waals surface area contributed by atoms with Gasteiger partial charge in [-0.25, -0.2) is 9.78 Å². The van der Waals surface area contributed by atoms with Gasteiger partial charge < -0.3 is 4.18 Å². The van der Waals surface area contributed by atoms with Gasteiger partial charge in [-0.15, -0.1) is 0 Å². The van der Waals surface area contributed by atoms with Crippen LogP contribution in [0.5, 0.6) is 0 Å². The van der Waals surface area contributed by atoms with Crippen molar-refractivity contribution in [3.63, 3.8) is 0 Å². The highest BCUT2D eigenvalue weighted by Crippen LogP contribution is 2.00. The quantitative estimate of drug-likeness (QED) is 0.510. The van der Waals surface area contributed by atoms with E-state index in [1.54, 1.807) is 25.1 Å². The maximum absolute atomic E-state index is 10.8. The second kappa shape index (κ2) is 3.39. The van der Waals surface area contributed by atoms with Gasteiger partial charge in [0.1, 0.15) is 5.69 Å². The van der Waals surface area contributed by atoms with Crippen LogP contribution in [0.25, 0.3) is 0 Å². The van der Waals surface area contributed by atoms with Gasteiger partial charge in [0.15, 0.2) is 0 Å². The zero-order valence-electron chi connectivity index (χ0n) is 5.94. The van der Waals surface area contributed by atoms with Crippen LogP contribution in [-0.4, -0.2) is 11.0 Å². The molecule has 0 spiro atoms. The largest absolute Gasteiger partial charge is 0.390 e. The van der Waals surface area contributed by atoms with Gasteiger partial charge in [0.2, 0.25) is 0 Å². The Hall–Kier alpha value is -1.03. The molecule has 0 amide bonds. The SMILES string of the molecule is Cc1cccc(C(=O)OS)n1. The van der Waals surface area contributed by atoms with Crippen LogP contribution in [0.4, 0.5) is 0 Å². The molecule has 0 bridgehead atoms. The van der Waals surface area contributed by atoms with Gasteiger partial charge in [-0.2, -0.15) is 0 Å². The molecule has 0 saturated carbocycles. The fourth-order valence-corrected chi connectivity index (χ4v) is 0.797. The minimum Gasteiger partial charge on any atom is -0.390 e. The molecular weight excluding hydrogens is 162 g/mol. The number of carbonyl (C=O) groups excluding carboxylic acids is 1. The summed E-state index contributed by atoms with van der Waals surface area (Å²) in [7, 11) is 0. The summed E-state index contributed by atoms with van der Waals surface area (Å²) in [5.74, 6) is -0.531. The molecule has 0 aromatic carbocycles. The molecule has 3 nitrogen and oxygen atoms in total. The zero-order chi connectivity index (χ0) is 8.27. The first kappa shape index (κ1) is 8.07. The van der Waals surface area contributed by atoms with E-state index in [1.165, 1.54) is 0 Å². The monoisotopic (exact) mass is 169 g/mol. The third-order valence-electron chi connectivity index (χ3n) is 1.18. The average Bonchev–Trinajstić information content (AvgIpc) is 2.03. The van der Waals surface area contributed by atoms with Crippen LogP contribution < -0.4 is 0 Å². The van der Waals surface area contributed by atoms with E-state index in [1.807, 2.05) is 0 Å². The van der Waals surface area contributed by atoms with E-state index in [4.69, 9.17) is 0 Å². The minimum absolute atomic E-state index is 0.278. The van der Waals surface area contributed by atoms with Crippen molar-refractivity contribution in [2.75, 3.05) is 0 Å². The van der Waals surface area contributed by atoms with Crippen molar-refractivity contribution in [1.29, 1.82) is 0 Å². The Morgan fingerprint density at radius 1 is 1.64 bits per heavy atom. The fourth-order valence-electron chi connectivity index (χ4n) is 0.703. The highest BCUT2D eigenvalue weighted by Gasteiger charge is 2.05. The number of pyridine rings is 1. The van der Waals surface area contributed by atoms with E-state index < -0.39 is 5.97 Å². The van der Waals surface area contributed by atoms with Crippen molar-refractivity contribution in [2.24, 2.45) is 0 Å². The maximum Gasteiger partial charge on any atom is 0.368 e. The summed E-state index contributed by atoms with van der Waals surface area (Å²) in [6.45, 7) is 1.80. The minimum atomic E-state index is -0.531. The number of rotatable bonds is 1. The summed E-state index contributed by atoms with van der Waals surface area (Å²) in [6, 6.07) is 5.11. The number of aryl methyl sites for hydroxylation is 1. The first-order valence-corrected chi connectivity index (χ1v) is 3.40. The first-order valence-electron chi connectivity index (χ1n) is 3.03. The molecule has 1 heterocycles. The van der Waals surface area contributed by atoms with Crippen LogP contribution in [0, 0.1) is 6.92 Å². The predicted molar refractivity (Wildman–Crippen MR) is 43.4 cm³/mol. The summed E-state index contributed by atoms with van der Waals surface area (Å²) in [6.07, 6.45) is 0. The Morgan fingerprint density at radius 2 is 2.36 bits per heavy atom. The number of carbonyl (C=O) groups is 1. The van der Waals surface area contributed by atoms with E-state index in [0.29, 0.717) is 0 Å². The first-order chi connectivity index (χ1) is 5.24. The van der Waals surface area contributed by atoms with Crippen molar-refractivity contribution >= 4 is 18.9 Å². The van der Waals surface area contributed by atoms with Crippen molar-refractivity contribution in [3.05, 3.63) is 29.6 Å². The molecule has 4 heteroatoms. The molecule has 0 radical (unpaired) electrons. The number of nitrogens with zero attached hydrogens (tertiary/aromatic N) is 1. The van der Waals surface area contributed by atoms with E-state index in [0.717, 1.165) is 5.69 Å². The predicted octanol–water partition coefficient (Wildman–Crippen LogP) is 1.39. The topological polar surface area (TPSA) is 39.2 Å². The molecule has 1 rings (SSSR count). The average molecular weight is 169 g/mol. The molecule has 0 aliphatic heterocycles. The maximum atomic E-state index is 10.8. The molecule has 11 heavy (non-hydrogen) atoms. The third kappa shape index (κ3) is 1.94. The van der Waals surface area contributed by atoms with E-state index in [-0.39, 0.29) is 5.69 Å². The Balaban J connectivity index is 2.96. The van der Waals surface area contributed by atoms with Crippen LogP contribution in [0.3, 0.4) is 0 Å². The van der Waals surface area contributed by atoms with Crippen LogP contribution in [0.1, 0.15) is 16.2 Å². The summed E-state index contributed by atoms with van der Waals surface area (Å²) in [5, 5.41) is 0. The lowest BCUT2D eigenvalue weighted by Gasteiger charge is -1.96. The van der Waals surface area contributed by atoms with E-state index in [9.17, 15) is 4.79 Å². The molecule has 0 saturated heterocycles. The van der Waals surface area contributed by atoms with E-state index in [2.05, 4.69) is 22.1 Å². The Labute approximate surface area is 70.0 Å². The molecule has 1 aromatic heterocycles. The molecule has 1 aromatic rings. The number of thiol groups is 1. The second-order valence-electron chi connectivity index (χ2n) is 2.04. The van der Waals surface area contributed by atoms with Gasteiger partial charge in [-0.05, 0) is 19.1 Å². The van der Waals surface area contributed by atoms with Gasteiger partial charge in [0.05, 0.1) is 0 Å². The normalized spacial score (nSPS) is 9.27.